The highest BCUT2D eigenvalue weighted by molar-refractivity contribution is 4.79. The van der Waals surface area contributed by atoms with E-state index in [4.69, 9.17) is 0 Å². The fraction of sp³-hybridized carbons (Fsp3) is 1.00. The molecule has 0 aliphatic carbocycles. The fourth-order valence-electron chi connectivity index (χ4n) is 2.41. The molecular weight excluding hydrogens is 156 g/mol. The Morgan fingerprint density at radius 3 is 1.92 bits per heavy atom. The summed E-state index contributed by atoms with van der Waals surface area (Å²) in [6, 6.07) is 0. The molecule has 0 aliphatic heterocycles. The van der Waals surface area contributed by atoms with Crippen LogP contribution in [0.25, 0.3) is 0 Å². The third kappa shape index (κ3) is 4.15. The first kappa shape index (κ1) is 13.0. The summed E-state index contributed by atoms with van der Waals surface area (Å²) in [5, 5.41) is 0. The van der Waals surface area contributed by atoms with E-state index >= 15 is 0 Å². The molecule has 13 heavy (non-hydrogen) atoms. The molecular formula is C13H28. The Balaban J connectivity index is 4.24. The van der Waals surface area contributed by atoms with E-state index in [1.165, 1.54) is 25.7 Å². The summed E-state index contributed by atoms with van der Waals surface area (Å²) in [4.78, 5) is 0. The van der Waals surface area contributed by atoms with Gasteiger partial charge in [0.15, 0.2) is 0 Å². The van der Waals surface area contributed by atoms with Gasteiger partial charge in [-0.2, -0.15) is 0 Å². The van der Waals surface area contributed by atoms with Crippen LogP contribution in [0.3, 0.4) is 0 Å². The summed E-state index contributed by atoms with van der Waals surface area (Å²) in [6.07, 6.45) is 5.42. The van der Waals surface area contributed by atoms with E-state index in [9.17, 15) is 0 Å². The lowest BCUT2D eigenvalue weighted by Gasteiger charge is -2.36. The van der Waals surface area contributed by atoms with Crippen LogP contribution in [0.1, 0.15) is 67.2 Å². The van der Waals surface area contributed by atoms with Crippen LogP contribution < -0.4 is 0 Å². The Hall–Kier alpha value is 0. The summed E-state index contributed by atoms with van der Waals surface area (Å²) in [5.41, 5.74) is 0.574. The van der Waals surface area contributed by atoms with Gasteiger partial charge >= 0.3 is 0 Å². The second-order valence-corrected chi connectivity index (χ2v) is 5.30. The average Bonchev–Trinajstić information content (AvgIpc) is 2.03. The lowest BCUT2D eigenvalue weighted by atomic mass is 9.69. The van der Waals surface area contributed by atoms with Crippen molar-refractivity contribution >= 4 is 0 Å². The summed E-state index contributed by atoms with van der Waals surface area (Å²) in [7, 11) is 0. The van der Waals surface area contributed by atoms with Crippen LogP contribution in [0, 0.1) is 17.3 Å². The predicted molar refractivity (Wildman–Crippen MR) is 61.9 cm³/mol. The van der Waals surface area contributed by atoms with Crippen LogP contribution in [0.5, 0.6) is 0 Å². The molecule has 0 amide bonds. The van der Waals surface area contributed by atoms with Crippen molar-refractivity contribution < 1.29 is 0 Å². The lowest BCUT2D eigenvalue weighted by molar-refractivity contribution is 0.143. The summed E-state index contributed by atoms with van der Waals surface area (Å²) in [5.74, 6) is 1.72. The van der Waals surface area contributed by atoms with Gasteiger partial charge in [0.25, 0.3) is 0 Å². The van der Waals surface area contributed by atoms with E-state index in [2.05, 4.69) is 41.5 Å². The Bertz CT molecular complexity index is 126. The van der Waals surface area contributed by atoms with Crippen LogP contribution in [0.15, 0.2) is 0 Å². The minimum atomic E-state index is 0.574. The maximum Gasteiger partial charge on any atom is -0.0300 e. The SMILES string of the molecule is CCCC(C)C(C)(CC)CC(C)C. The molecule has 0 aromatic carbocycles. The van der Waals surface area contributed by atoms with Crippen LogP contribution in [0.4, 0.5) is 0 Å². The van der Waals surface area contributed by atoms with Gasteiger partial charge in [-0.05, 0) is 23.7 Å². The maximum absolute atomic E-state index is 2.47. The van der Waals surface area contributed by atoms with Crippen molar-refractivity contribution in [2.75, 3.05) is 0 Å². The van der Waals surface area contributed by atoms with Crippen molar-refractivity contribution in [2.45, 2.75) is 67.2 Å². The number of rotatable bonds is 6. The molecule has 0 aromatic heterocycles. The molecule has 0 heteroatoms. The van der Waals surface area contributed by atoms with Crippen molar-refractivity contribution in [3.05, 3.63) is 0 Å². The highest BCUT2D eigenvalue weighted by atomic mass is 14.3. The Kier molecular flexibility index (Phi) is 5.67. The summed E-state index contributed by atoms with van der Waals surface area (Å²) in [6.45, 7) is 14.2. The molecule has 0 saturated carbocycles. The van der Waals surface area contributed by atoms with Crippen LogP contribution in [0.2, 0.25) is 0 Å². The predicted octanol–water partition coefficient (Wildman–Crippen LogP) is 4.89. The Labute approximate surface area is 85.1 Å². The molecule has 0 radical (unpaired) electrons. The standard InChI is InChI=1S/C13H28/c1-7-9-12(5)13(6,8-2)10-11(3)4/h11-12H,7-10H2,1-6H3. The van der Waals surface area contributed by atoms with Gasteiger partial charge in [-0.3, -0.25) is 0 Å². The normalized spacial score (nSPS) is 18.7. The van der Waals surface area contributed by atoms with Gasteiger partial charge in [-0.25, -0.2) is 0 Å². The van der Waals surface area contributed by atoms with Crippen LogP contribution in [-0.4, -0.2) is 0 Å². The van der Waals surface area contributed by atoms with E-state index in [-0.39, 0.29) is 0 Å². The second-order valence-electron chi connectivity index (χ2n) is 5.30. The van der Waals surface area contributed by atoms with E-state index in [0.717, 1.165) is 11.8 Å². The van der Waals surface area contributed by atoms with Crippen LogP contribution >= 0.6 is 0 Å². The fourth-order valence-corrected chi connectivity index (χ4v) is 2.41. The molecule has 0 bridgehead atoms. The Morgan fingerprint density at radius 1 is 1.08 bits per heavy atom. The van der Waals surface area contributed by atoms with Crippen molar-refractivity contribution in [2.24, 2.45) is 17.3 Å². The number of hydrogen-bond donors (Lipinski definition) is 0. The van der Waals surface area contributed by atoms with Gasteiger partial charge in [0.1, 0.15) is 0 Å². The first-order valence-corrected chi connectivity index (χ1v) is 5.96. The maximum atomic E-state index is 2.47. The highest BCUT2D eigenvalue weighted by Crippen LogP contribution is 2.39. The van der Waals surface area contributed by atoms with Gasteiger partial charge in [0.2, 0.25) is 0 Å². The molecule has 0 saturated heterocycles. The van der Waals surface area contributed by atoms with Gasteiger partial charge < -0.3 is 0 Å². The van der Waals surface area contributed by atoms with Gasteiger partial charge in [0, 0.05) is 0 Å². The quantitative estimate of drug-likeness (QED) is 0.551. The molecule has 80 valence electrons. The Morgan fingerprint density at radius 2 is 1.62 bits per heavy atom. The van der Waals surface area contributed by atoms with Gasteiger partial charge in [0.05, 0.1) is 0 Å². The molecule has 0 aliphatic rings. The first-order chi connectivity index (χ1) is 5.96. The molecule has 2 unspecified atom stereocenters. The van der Waals surface area contributed by atoms with E-state index in [1.807, 2.05) is 0 Å². The zero-order chi connectivity index (χ0) is 10.5. The molecule has 0 aromatic rings. The smallest absolute Gasteiger partial charge is 0.0300 e. The van der Waals surface area contributed by atoms with E-state index in [1.54, 1.807) is 0 Å². The largest absolute Gasteiger partial charge is 0.0654 e. The van der Waals surface area contributed by atoms with Crippen LogP contribution in [-0.2, 0) is 0 Å². The third-order valence-corrected chi connectivity index (χ3v) is 3.59. The average molecular weight is 184 g/mol. The minimum Gasteiger partial charge on any atom is -0.0654 e. The monoisotopic (exact) mass is 184 g/mol. The molecule has 0 rings (SSSR count). The lowest BCUT2D eigenvalue weighted by Crippen LogP contribution is -2.26. The summed E-state index contributed by atoms with van der Waals surface area (Å²) >= 11 is 0. The topological polar surface area (TPSA) is 0 Å². The van der Waals surface area contributed by atoms with Crippen molar-refractivity contribution in [1.29, 1.82) is 0 Å². The summed E-state index contributed by atoms with van der Waals surface area (Å²) < 4.78 is 0. The van der Waals surface area contributed by atoms with Crippen molar-refractivity contribution in [3.8, 4) is 0 Å². The van der Waals surface area contributed by atoms with E-state index in [0.29, 0.717) is 5.41 Å². The molecule has 0 fully saturated rings. The van der Waals surface area contributed by atoms with Gasteiger partial charge in [-0.1, -0.05) is 60.8 Å². The molecule has 0 nitrogen and oxygen atoms in total. The van der Waals surface area contributed by atoms with Crippen molar-refractivity contribution in [3.63, 3.8) is 0 Å². The molecule has 0 heterocycles. The highest BCUT2D eigenvalue weighted by Gasteiger charge is 2.29. The van der Waals surface area contributed by atoms with E-state index < -0.39 is 0 Å². The zero-order valence-corrected chi connectivity index (χ0v) is 10.5. The number of hydrogen-bond acceptors (Lipinski definition) is 0. The zero-order valence-electron chi connectivity index (χ0n) is 10.5. The van der Waals surface area contributed by atoms with Crippen molar-refractivity contribution in [1.82, 2.24) is 0 Å². The molecule has 0 N–H and O–H groups in total. The second kappa shape index (κ2) is 5.67. The minimum absolute atomic E-state index is 0.574. The first-order valence-electron chi connectivity index (χ1n) is 5.96. The van der Waals surface area contributed by atoms with Gasteiger partial charge in [-0.15, -0.1) is 0 Å². The molecule has 0 spiro atoms. The third-order valence-electron chi connectivity index (χ3n) is 3.59. The molecule has 2 atom stereocenters.